The Morgan fingerprint density at radius 2 is 1.87 bits per heavy atom. The summed E-state index contributed by atoms with van der Waals surface area (Å²) in [6.07, 6.45) is 4.57. The number of hydrogen-bond donors (Lipinski definition) is 0. The lowest BCUT2D eigenvalue weighted by molar-refractivity contribution is -0.151. The molecule has 1 heterocycles. The maximum absolute atomic E-state index is 12.8. The number of benzene rings is 1. The van der Waals surface area contributed by atoms with Gasteiger partial charge in [-0.15, -0.1) is 0 Å². The second-order valence-corrected chi connectivity index (χ2v) is 8.15. The van der Waals surface area contributed by atoms with Crippen LogP contribution in [0.2, 0.25) is 0 Å². The summed E-state index contributed by atoms with van der Waals surface area (Å²) in [4.78, 5) is 14.7. The summed E-state index contributed by atoms with van der Waals surface area (Å²) in [7, 11) is 5.09. The van der Waals surface area contributed by atoms with E-state index in [2.05, 4.69) is 44.1 Å². The number of nitrogens with zero attached hydrogens (tertiary/aromatic N) is 3. The van der Waals surface area contributed by atoms with Crippen molar-refractivity contribution >= 4 is 5.91 Å². The van der Waals surface area contributed by atoms with Gasteiger partial charge in [-0.05, 0) is 30.4 Å². The van der Waals surface area contributed by atoms with Gasteiger partial charge in [0.15, 0.2) is 6.29 Å². The van der Waals surface area contributed by atoms with Crippen LogP contribution in [0.25, 0.3) is 11.1 Å². The third-order valence-electron chi connectivity index (χ3n) is 5.61. The highest BCUT2D eigenvalue weighted by molar-refractivity contribution is 5.76. The van der Waals surface area contributed by atoms with Gasteiger partial charge in [0.05, 0.1) is 32.4 Å². The van der Waals surface area contributed by atoms with Crippen LogP contribution in [0.3, 0.4) is 0 Å². The highest BCUT2D eigenvalue weighted by atomic mass is 16.7. The van der Waals surface area contributed by atoms with E-state index in [4.69, 9.17) is 14.2 Å². The van der Waals surface area contributed by atoms with E-state index in [1.165, 1.54) is 5.56 Å². The molecule has 0 bridgehead atoms. The summed E-state index contributed by atoms with van der Waals surface area (Å²) in [5, 5.41) is 4.23. The molecule has 7 nitrogen and oxygen atoms in total. The van der Waals surface area contributed by atoms with E-state index >= 15 is 0 Å². The molecule has 0 fully saturated rings. The Kier molecular flexibility index (Phi) is 10.2. The number of methoxy groups -OCH3 is 2. The van der Waals surface area contributed by atoms with Gasteiger partial charge in [-0.2, -0.15) is 5.10 Å². The maximum atomic E-state index is 12.8. The topological polar surface area (TPSA) is 65.8 Å². The summed E-state index contributed by atoms with van der Waals surface area (Å²) in [6, 6.07) is 8.48. The van der Waals surface area contributed by atoms with Gasteiger partial charge in [0.2, 0.25) is 5.91 Å². The van der Waals surface area contributed by atoms with Crippen molar-refractivity contribution in [2.24, 2.45) is 13.0 Å². The van der Waals surface area contributed by atoms with E-state index < -0.39 is 6.29 Å². The first-order valence-corrected chi connectivity index (χ1v) is 10.9. The standard InChI is InChI=1S/C24H37N3O4/c1-18(2)19(3)27(17-24(29-5)30-6)23(28)11-13-31-12-10-20-8-7-9-21(14-20)22-15-25-26(4)16-22/h7-9,14-16,18-19,24H,10-13,17H2,1-6H3/t19-/m1/s1. The van der Waals surface area contributed by atoms with Crippen molar-refractivity contribution in [1.82, 2.24) is 14.7 Å². The summed E-state index contributed by atoms with van der Waals surface area (Å²) in [5.74, 6) is 0.394. The Labute approximate surface area is 186 Å². The molecule has 0 radical (unpaired) electrons. The van der Waals surface area contributed by atoms with Crippen LogP contribution in [-0.4, -0.2) is 66.9 Å². The van der Waals surface area contributed by atoms with Crippen LogP contribution in [0.4, 0.5) is 0 Å². The van der Waals surface area contributed by atoms with E-state index in [0.717, 1.165) is 17.5 Å². The van der Waals surface area contributed by atoms with Crippen LogP contribution in [0, 0.1) is 5.92 Å². The summed E-state index contributed by atoms with van der Waals surface area (Å²) < 4.78 is 18.2. The van der Waals surface area contributed by atoms with Gasteiger partial charge in [-0.1, -0.05) is 38.1 Å². The molecule has 0 unspecified atom stereocenters. The maximum Gasteiger partial charge on any atom is 0.225 e. The van der Waals surface area contributed by atoms with E-state index in [1.807, 2.05) is 30.4 Å². The van der Waals surface area contributed by atoms with Gasteiger partial charge < -0.3 is 19.1 Å². The highest BCUT2D eigenvalue weighted by Gasteiger charge is 2.25. The molecule has 7 heteroatoms. The second kappa shape index (κ2) is 12.6. The number of aryl methyl sites for hydroxylation is 1. The molecule has 0 aliphatic carbocycles. The Morgan fingerprint density at radius 1 is 1.13 bits per heavy atom. The zero-order valence-electron chi connectivity index (χ0n) is 19.7. The van der Waals surface area contributed by atoms with Crippen molar-refractivity contribution in [3.05, 3.63) is 42.2 Å². The molecular formula is C24H37N3O4. The van der Waals surface area contributed by atoms with Crippen molar-refractivity contribution < 1.29 is 19.0 Å². The molecule has 2 rings (SSSR count). The van der Waals surface area contributed by atoms with Crippen molar-refractivity contribution in [2.45, 2.75) is 45.9 Å². The molecular weight excluding hydrogens is 394 g/mol. The number of carbonyl (C=O) groups excluding carboxylic acids is 1. The molecule has 1 aromatic carbocycles. The van der Waals surface area contributed by atoms with Crippen molar-refractivity contribution in [1.29, 1.82) is 0 Å². The predicted molar refractivity (Wildman–Crippen MR) is 122 cm³/mol. The lowest BCUT2D eigenvalue weighted by Gasteiger charge is -2.34. The monoisotopic (exact) mass is 431 g/mol. The van der Waals surface area contributed by atoms with Gasteiger partial charge in [0.25, 0.3) is 0 Å². The Bertz CT molecular complexity index is 802. The predicted octanol–water partition coefficient (Wildman–Crippen LogP) is 3.53. The molecule has 0 saturated carbocycles. The van der Waals surface area contributed by atoms with Crippen LogP contribution < -0.4 is 0 Å². The first-order valence-electron chi connectivity index (χ1n) is 10.9. The molecule has 31 heavy (non-hydrogen) atoms. The minimum Gasteiger partial charge on any atom is -0.381 e. The quantitative estimate of drug-likeness (QED) is 0.359. The molecule has 0 aliphatic heterocycles. The van der Waals surface area contributed by atoms with Crippen LogP contribution in [0.5, 0.6) is 0 Å². The minimum absolute atomic E-state index is 0.0545. The van der Waals surface area contributed by atoms with Crippen molar-refractivity contribution in [3.63, 3.8) is 0 Å². The van der Waals surface area contributed by atoms with Crippen molar-refractivity contribution in [2.75, 3.05) is 34.0 Å². The third kappa shape index (κ3) is 7.76. The zero-order valence-corrected chi connectivity index (χ0v) is 19.7. The van der Waals surface area contributed by atoms with Crippen LogP contribution in [0.15, 0.2) is 36.7 Å². The van der Waals surface area contributed by atoms with Gasteiger partial charge in [0.1, 0.15) is 0 Å². The fourth-order valence-electron chi connectivity index (χ4n) is 3.33. The lowest BCUT2D eigenvalue weighted by Crippen LogP contribution is -2.46. The molecule has 2 aromatic rings. The third-order valence-corrected chi connectivity index (χ3v) is 5.61. The number of amides is 1. The first kappa shape index (κ1) is 25.0. The smallest absolute Gasteiger partial charge is 0.225 e. The fraction of sp³-hybridized carbons (Fsp3) is 0.583. The van der Waals surface area contributed by atoms with E-state index in [1.54, 1.807) is 18.9 Å². The number of hydrogen-bond acceptors (Lipinski definition) is 5. The van der Waals surface area contributed by atoms with E-state index in [-0.39, 0.29) is 11.9 Å². The largest absolute Gasteiger partial charge is 0.381 e. The minimum atomic E-state index is -0.432. The number of aromatic nitrogens is 2. The Hall–Kier alpha value is -2.22. The first-order chi connectivity index (χ1) is 14.8. The van der Waals surface area contributed by atoms with Gasteiger partial charge >= 0.3 is 0 Å². The average molecular weight is 432 g/mol. The normalized spacial score (nSPS) is 12.5. The van der Waals surface area contributed by atoms with Crippen molar-refractivity contribution in [3.8, 4) is 11.1 Å². The number of ether oxygens (including phenoxy) is 3. The van der Waals surface area contributed by atoms with Gasteiger partial charge in [-0.3, -0.25) is 9.48 Å². The molecule has 172 valence electrons. The van der Waals surface area contributed by atoms with Gasteiger partial charge in [-0.25, -0.2) is 0 Å². The van der Waals surface area contributed by atoms with Gasteiger partial charge in [0, 0.05) is 39.1 Å². The lowest BCUT2D eigenvalue weighted by atomic mass is 10.0. The summed E-state index contributed by atoms with van der Waals surface area (Å²) >= 11 is 0. The Morgan fingerprint density at radius 3 is 2.48 bits per heavy atom. The molecule has 0 aliphatic rings. The molecule has 0 saturated heterocycles. The molecule has 1 atom stereocenters. The van der Waals surface area contributed by atoms with Crippen LogP contribution in [-0.2, 0) is 32.5 Å². The van der Waals surface area contributed by atoms with Crippen LogP contribution in [0.1, 0.15) is 32.8 Å². The molecule has 1 aromatic heterocycles. The van der Waals surface area contributed by atoms with E-state index in [9.17, 15) is 4.79 Å². The average Bonchev–Trinajstić information content (AvgIpc) is 3.20. The van der Waals surface area contributed by atoms with E-state index in [0.29, 0.717) is 32.1 Å². The summed E-state index contributed by atoms with van der Waals surface area (Å²) in [6.45, 7) is 7.65. The molecule has 0 spiro atoms. The number of rotatable bonds is 13. The summed E-state index contributed by atoms with van der Waals surface area (Å²) in [5.41, 5.74) is 3.44. The Balaban J connectivity index is 1.82. The second-order valence-electron chi connectivity index (χ2n) is 8.15. The zero-order chi connectivity index (χ0) is 22.8. The number of carbonyl (C=O) groups is 1. The van der Waals surface area contributed by atoms with Crippen LogP contribution >= 0.6 is 0 Å². The highest BCUT2D eigenvalue weighted by Crippen LogP contribution is 2.20. The fourth-order valence-corrected chi connectivity index (χ4v) is 3.33. The molecule has 0 N–H and O–H groups in total. The molecule has 1 amide bonds. The SMILES string of the molecule is COC(CN(C(=O)CCOCCc1cccc(-c2cnn(C)c2)c1)[C@H](C)C(C)C)OC.